The van der Waals surface area contributed by atoms with E-state index in [0.717, 1.165) is 63.4 Å². The first-order valence-electron chi connectivity index (χ1n) is 12.5. The van der Waals surface area contributed by atoms with Crippen LogP contribution in [-0.4, -0.2) is 6.61 Å². The minimum atomic E-state index is -0.641. The summed E-state index contributed by atoms with van der Waals surface area (Å²) in [7, 11) is 0. The third kappa shape index (κ3) is 5.32. The molecule has 0 bridgehead atoms. The largest absolute Gasteiger partial charge is 0.494 e. The molecule has 174 valence electrons. The van der Waals surface area contributed by atoms with Crippen LogP contribution in [0.4, 0.5) is 13.2 Å². The Balaban J connectivity index is 1.31. The highest BCUT2D eigenvalue weighted by Crippen LogP contribution is 2.40. The van der Waals surface area contributed by atoms with Gasteiger partial charge >= 0.3 is 0 Å². The average molecular weight is 445 g/mol. The van der Waals surface area contributed by atoms with Gasteiger partial charge in [-0.15, -0.1) is 0 Å². The number of halogens is 3. The Hall–Kier alpha value is -1.97. The zero-order valence-electron chi connectivity index (χ0n) is 19.1. The first kappa shape index (κ1) is 23.2. The molecule has 2 fully saturated rings. The molecule has 0 N–H and O–H groups in total. The number of rotatable bonds is 7. The van der Waals surface area contributed by atoms with Gasteiger partial charge in [0.05, 0.1) is 6.61 Å². The number of aryl methyl sites for hydroxylation is 1. The lowest BCUT2D eigenvalue weighted by Crippen LogP contribution is -2.15. The van der Waals surface area contributed by atoms with Crippen LogP contribution >= 0.6 is 0 Å². The van der Waals surface area contributed by atoms with Gasteiger partial charge in [0.1, 0.15) is 11.6 Å². The molecule has 0 spiro atoms. The summed E-state index contributed by atoms with van der Waals surface area (Å²) in [4.78, 5) is 0. The van der Waals surface area contributed by atoms with Crippen LogP contribution in [0, 0.1) is 23.4 Å². The fourth-order valence-electron chi connectivity index (χ4n) is 5.74. The molecular weight excluding hydrogens is 409 g/mol. The number of hydrogen-bond acceptors (Lipinski definition) is 1. The van der Waals surface area contributed by atoms with Gasteiger partial charge in [0.15, 0.2) is 11.6 Å². The highest BCUT2D eigenvalue weighted by atomic mass is 19.2. The second kappa shape index (κ2) is 10.8. The van der Waals surface area contributed by atoms with E-state index < -0.39 is 11.6 Å². The molecule has 0 aliphatic heterocycles. The molecular formula is C28H35F3O. The third-order valence-corrected chi connectivity index (χ3v) is 7.63. The Morgan fingerprint density at radius 1 is 0.781 bits per heavy atom. The minimum absolute atomic E-state index is 0.172. The van der Waals surface area contributed by atoms with E-state index >= 15 is 0 Å². The lowest BCUT2D eigenvalue weighted by Gasteiger charge is -2.29. The SMILES string of the molecule is CCOc1ccc(C2CCC(CCc3ccc(C4CCCCC4)c(F)c3F)CC2)c(F)c1. The van der Waals surface area contributed by atoms with Crippen molar-refractivity contribution in [2.24, 2.45) is 5.92 Å². The summed E-state index contributed by atoms with van der Waals surface area (Å²) in [5.74, 6) is 0.0115. The summed E-state index contributed by atoms with van der Waals surface area (Å²) in [6.45, 7) is 2.41. The van der Waals surface area contributed by atoms with Crippen molar-refractivity contribution >= 4 is 0 Å². The third-order valence-electron chi connectivity index (χ3n) is 7.63. The standard InChI is InChI=1S/C28H35F3O/c1-2-32-23-15-17-24(26(29)18-23)21-11-8-19(9-12-21)10-13-22-14-16-25(28(31)27(22)30)20-6-4-3-5-7-20/h14-21H,2-13H2,1H3. The van der Waals surface area contributed by atoms with Crippen LogP contribution < -0.4 is 4.74 Å². The summed E-state index contributed by atoms with van der Waals surface area (Å²) in [5, 5.41) is 0. The van der Waals surface area contributed by atoms with Crippen LogP contribution in [-0.2, 0) is 6.42 Å². The molecule has 2 saturated carbocycles. The van der Waals surface area contributed by atoms with Crippen molar-refractivity contribution in [1.29, 1.82) is 0 Å². The Morgan fingerprint density at radius 2 is 1.47 bits per heavy atom. The van der Waals surface area contributed by atoms with Crippen LogP contribution in [0.1, 0.15) is 99.7 Å². The van der Waals surface area contributed by atoms with E-state index in [2.05, 4.69) is 0 Å². The fraction of sp³-hybridized carbons (Fsp3) is 0.571. The summed E-state index contributed by atoms with van der Waals surface area (Å²) in [6, 6.07) is 8.83. The van der Waals surface area contributed by atoms with Gasteiger partial charge in [-0.1, -0.05) is 37.5 Å². The maximum atomic E-state index is 14.8. The molecule has 2 aliphatic carbocycles. The van der Waals surface area contributed by atoms with Gasteiger partial charge in [0, 0.05) is 6.07 Å². The van der Waals surface area contributed by atoms with E-state index in [1.165, 1.54) is 12.5 Å². The first-order chi connectivity index (χ1) is 15.6. The molecule has 0 unspecified atom stereocenters. The molecule has 0 aromatic heterocycles. The summed E-state index contributed by atoms with van der Waals surface area (Å²) >= 11 is 0. The fourth-order valence-corrected chi connectivity index (χ4v) is 5.74. The average Bonchev–Trinajstić information content (AvgIpc) is 2.81. The smallest absolute Gasteiger partial charge is 0.162 e. The van der Waals surface area contributed by atoms with E-state index in [-0.39, 0.29) is 17.7 Å². The molecule has 4 rings (SSSR count). The monoisotopic (exact) mass is 444 g/mol. The zero-order chi connectivity index (χ0) is 22.5. The minimum Gasteiger partial charge on any atom is -0.494 e. The number of hydrogen-bond donors (Lipinski definition) is 0. The van der Waals surface area contributed by atoms with E-state index in [1.54, 1.807) is 0 Å². The summed E-state index contributed by atoms with van der Waals surface area (Å²) < 4.78 is 49.4. The molecule has 2 aliphatic rings. The number of ether oxygens (including phenoxy) is 1. The molecule has 4 heteroatoms. The first-order valence-corrected chi connectivity index (χ1v) is 12.5. The van der Waals surface area contributed by atoms with E-state index in [4.69, 9.17) is 4.74 Å². The van der Waals surface area contributed by atoms with Crippen LogP contribution in [0.25, 0.3) is 0 Å². The maximum absolute atomic E-state index is 14.8. The van der Waals surface area contributed by atoms with Crippen molar-refractivity contribution in [2.45, 2.75) is 89.4 Å². The predicted molar refractivity (Wildman–Crippen MR) is 123 cm³/mol. The highest BCUT2D eigenvalue weighted by molar-refractivity contribution is 5.32. The molecule has 0 radical (unpaired) electrons. The Bertz CT molecular complexity index is 896. The Morgan fingerprint density at radius 3 is 2.16 bits per heavy atom. The molecule has 1 nitrogen and oxygen atoms in total. The Kier molecular flexibility index (Phi) is 7.80. The second-order valence-electron chi connectivity index (χ2n) is 9.65. The van der Waals surface area contributed by atoms with Gasteiger partial charge < -0.3 is 4.74 Å². The molecule has 2 aromatic carbocycles. The normalized spacial score (nSPS) is 22.1. The van der Waals surface area contributed by atoms with Crippen LogP contribution in [0.3, 0.4) is 0 Å². The van der Waals surface area contributed by atoms with Gasteiger partial charge in [-0.25, -0.2) is 13.2 Å². The van der Waals surface area contributed by atoms with Crippen LogP contribution in [0.2, 0.25) is 0 Å². The van der Waals surface area contributed by atoms with Crippen molar-refractivity contribution in [3.63, 3.8) is 0 Å². The second-order valence-corrected chi connectivity index (χ2v) is 9.65. The summed E-state index contributed by atoms with van der Waals surface area (Å²) in [5.41, 5.74) is 1.85. The molecule has 0 amide bonds. The van der Waals surface area contributed by atoms with Crippen molar-refractivity contribution in [1.82, 2.24) is 0 Å². The van der Waals surface area contributed by atoms with Crippen molar-refractivity contribution in [2.75, 3.05) is 6.61 Å². The Labute approximate surface area is 190 Å². The summed E-state index contributed by atoms with van der Waals surface area (Å²) in [6.07, 6.45) is 10.7. The van der Waals surface area contributed by atoms with Gasteiger partial charge in [-0.05, 0) is 98.8 Å². The lowest BCUT2D eigenvalue weighted by molar-refractivity contribution is 0.304. The van der Waals surface area contributed by atoms with Crippen LogP contribution in [0.5, 0.6) is 5.75 Å². The lowest BCUT2D eigenvalue weighted by atomic mass is 9.76. The van der Waals surface area contributed by atoms with E-state index in [1.807, 2.05) is 31.2 Å². The highest BCUT2D eigenvalue weighted by Gasteiger charge is 2.26. The van der Waals surface area contributed by atoms with E-state index in [0.29, 0.717) is 35.8 Å². The van der Waals surface area contributed by atoms with Crippen molar-refractivity contribution < 1.29 is 17.9 Å². The molecule has 0 atom stereocenters. The quantitative estimate of drug-likeness (QED) is 0.416. The van der Waals surface area contributed by atoms with Gasteiger partial charge in [-0.3, -0.25) is 0 Å². The van der Waals surface area contributed by atoms with Crippen LogP contribution in [0.15, 0.2) is 30.3 Å². The van der Waals surface area contributed by atoms with Crippen molar-refractivity contribution in [3.8, 4) is 5.75 Å². The van der Waals surface area contributed by atoms with Gasteiger partial charge in [0.25, 0.3) is 0 Å². The number of benzene rings is 2. The molecule has 2 aromatic rings. The maximum Gasteiger partial charge on any atom is 0.162 e. The van der Waals surface area contributed by atoms with Crippen molar-refractivity contribution in [3.05, 3.63) is 64.5 Å². The zero-order valence-corrected chi connectivity index (χ0v) is 19.1. The van der Waals surface area contributed by atoms with Gasteiger partial charge in [-0.2, -0.15) is 0 Å². The predicted octanol–water partition coefficient (Wildman–Crippen LogP) is 8.46. The molecule has 0 heterocycles. The van der Waals surface area contributed by atoms with Gasteiger partial charge in [0.2, 0.25) is 0 Å². The molecule has 32 heavy (non-hydrogen) atoms. The molecule has 0 saturated heterocycles. The van der Waals surface area contributed by atoms with E-state index in [9.17, 15) is 13.2 Å². The topological polar surface area (TPSA) is 9.23 Å².